The summed E-state index contributed by atoms with van der Waals surface area (Å²) >= 11 is 0. The van der Waals surface area contributed by atoms with Crippen molar-refractivity contribution in [1.82, 2.24) is 4.90 Å². The predicted octanol–water partition coefficient (Wildman–Crippen LogP) is 1.10. The topological polar surface area (TPSA) is 75.8 Å². The Labute approximate surface area is 103 Å². The highest BCUT2D eigenvalue weighted by Gasteiger charge is 2.38. The van der Waals surface area contributed by atoms with Gasteiger partial charge in [0.1, 0.15) is 5.60 Å². The summed E-state index contributed by atoms with van der Waals surface area (Å²) in [5, 5.41) is 9.26. The number of amides is 1. The van der Waals surface area contributed by atoms with Crippen LogP contribution in [0.5, 0.6) is 0 Å². The summed E-state index contributed by atoms with van der Waals surface area (Å²) in [4.78, 5) is 13.6. The summed E-state index contributed by atoms with van der Waals surface area (Å²) in [5.74, 6) is 0. The molecule has 0 bridgehead atoms. The van der Waals surface area contributed by atoms with E-state index in [1.54, 1.807) is 4.90 Å². The van der Waals surface area contributed by atoms with E-state index in [1.807, 2.05) is 27.7 Å². The number of hydrogen-bond acceptors (Lipinski definition) is 4. The summed E-state index contributed by atoms with van der Waals surface area (Å²) in [5.41, 5.74) is 4.81. The number of piperidine rings is 1. The first-order valence-electron chi connectivity index (χ1n) is 6.06. The molecule has 0 saturated carbocycles. The molecule has 5 nitrogen and oxygen atoms in total. The minimum atomic E-state index is -0.691. The maximum absolute atomic E-state index is 12.0. The molecule has 0 spiro atoms. The Morgan fingerprint density at radius 2 is 2.18 bits per heavy atom. The Balaban J connectivity index is 2.70. The summed E-state index contributed by atoms with van der Waals surface area (Å²) in [6, 6.07) is 0.105. The van der Waals surface area contributed by atoms with Gasteiger partial charge in [-0.1, -0.05) is 0 Å². The van der Waals surface area contributed by atoms with E-state index < -0.39 is 11.1 Å². The van der Waals surface area contributed by atoms with Crippen LogP contribution in [0.25, 0.3) is 0 Å². The van der Waals surface area contributed by atoms with Gasteiger partial charge in [0.15, 0.2) is 0 Å². The van der Waals surface area contributed by atoms with Gasteiger partial charge in [-0.3, -0.25) is 0 Å². The Kier molecular flexibility index (Phi) is 4.04. The number of likely N-dealkylation sites (tertiary alicyclic amines) is 1. The second-order valence-corrected chi connectivity index (χ2v) is 6.02. The van der Waals surface area contributed by atoms with Crippen molar-refractivity contribution in [3.05, 3.63) is 0 Å². The number of rotatable bonds is 1. The molecule has 1 saturated heterocycles. The summed E-state index contributed by atoms with van der Waals surface area (Å²) in [6.07, 6.45) is 1.16. The fourth-order valence-corrected chi connectivity index (χ4v) is 1.92. The average Bonchev–Trinajstić information content (AvgIpc) is 2.19. The van der Waals surface area contributed by atoms with Crippen LogP contribution < -0.4 is 5.73 Å². The molecule has 1 aliphatic rings. The molecule has 2 unspecified atom stereocenters. The third-order valence-electron chi connectivity index (χ3n) is 3.02. The van der Waals surface area contributed by atoms with Crippen LogP contribution in [-0.4, -0.2) is 46.4 Å². The third-order valence-corrected chi connectivity index (χ3v) is 3.02. The first-order chi connectivity index (χ1) is 7.67. The first kappa shape index (κ1) is 14.3. The van der Waals surface area contributed by atoms with Gasteiger partial charge in [0.05, 0.1) is 12.1 Å². The van der Waals surface area contributed by atoms with Gasteiger partial charge in [0.2, 0.25) is 0 Å². The molecule has 0 aliphatic carbocycles. The van der Waals surface area contributed by atoms with Crippen molar-refractivity contribution < 1.29 is 14.6 Å². The van der Waals surface area contributed by atoms with E-state index >= 15 is 0 Å². The number of carbonyl (C=O) groups is 1. The van der Waals surface area contributed by atoms with Crippen molar-refractivity contribution >= 4 is 6.09 Å². The van der Waals surface area contributed by atoms with E-state index in [9.17, 15) is 9.90 Å². The van der Waals surface area contributed by atoms with E-state index in [-0.39, 0.29) is 18.7 Å². The van der Waals surface area contributed by atoms with Crippen molar-refractivity contribution in [2.24, 2.45) is 5.73 Å². The van der Waals surface area contributed by atoms with Gasteiger partial charge in [0.25, 0.3) is 0 Å². The first-order valence-corrected chi connectivity index (χ1v) is 6.06. The molecule has 0 aromatic heterocycles. The second kappa shape index (κ2) is 4.82. The molecular formula is C12H24N2O3. The van der Waals surface area contributed by atoms with Crippen LogP contribution in [0.15, 0.2) is 0 Å². The number of aliphatic hydroxyl groups excluding tert-OH is 1. The van der Waals surface area contributed by atoms with E-state index in [4.69, 9.17) is 10.5 Å². The molecule has 1 rings (SSSR count). The fraction of sp³-hybridized carbons (Fsp3) is 0.917. The molecule has 0 radical (unpaired) electrons. The Morgan fingerprint density at radius 1 is 1.59 bits per heavy atom. The number of nitrogens with two attached hydrogens (primary N) is 1. The molecule has 3 N–H and O–H groups in total. The minimum Gasteiger partial charge on any atom is -0.444 e. The van der Waals surface area contributed by atoms with Crippen molar-refractivity contribution in [2.45, 2.75) is 57.7 Å². The van der Waals surface area contributed by atoms with Crippen LogP contribution in [0.2, 0.25) is 0 Å². The van der Waals surface area contributed by atoms with Gasteiger partial charge in [-0.25, -0.2) is 4.79 Å². The van der Waals surface area contributed by atoms with Crippen molar-refractivity contribution in [3.63, 3.8) is 0 Å². The second-order valence-electron chi connectivity index (χ2n) is 6.02. The number of nitrogens with zero attached hydrogens (tertiary/aromatic N) is 1. The maximum Gasteiger partial charge on any atom is 0.410 e. The van der Waals surface area contributed by atoms with E-state index in [0.29, 0.717) is 6.54 Å². The normalized spacial score (nSPS) is 30.2. The van der Waals surface area contributed by atoms with Gasteiger partial charge in [0, 0.05) is 12.6 Å². The largest absolute Gasteiger partial charge is 0.444 e. The molecule has 2 atom stereocenters. The lowest BCUT2D eigenvalue weighted by molar-refractivity contribution is -0.00384. The predicted molar refractivity (Wildman–Crippen MR) is 65.6 cm³/mol. The van der Waals surface area contributed by atoms with Gasteiger partial charge in [-0.15, -0.1) is 0 Å². The Bertz CT molecular complexity index is 288. The van der Waals surface area contributed by atoms with Crippen LogP contribution in [0.3, 0.4) is 0 Å². The molecule has 1 fully saturated rings. The van der Waals surface area contributed by atoms with Crippen molar-refractivity contribution in [2.75, 3.05) is 13.2 Å². The molecule has 0 aromatic carbocycles. The number of aliphatic hydroxyl groups is 1. The molecule has 100 valence electrons. The van der Waals surface area contributed by atoms with Crippen molar-refractivity contribution in [1.29, 1.82) is 0 Å². The lowest BCUT2D eigenvalue weighted by Gasteiger charge is -2.43. The smallest absolute Gasteiger partial charge is 0.410 e. The zero-order valence-electron chi connectivity index (χ0n) is 11.2. The number of hydrogen-bond donors (Lipinski definition) is 2. The Hall–Kier alpha value is -0.810. The third kappa shape index (κ3) is 3.85. The molecule has 1 aliphatic heterocycles. The minimum absolute atomic E-state index is 0.105. The summed E-state index contributed by atoms with van der Waals surface area (Å²) in [6.45, 7) is 7.71. The van der Waals surface area contributed by atoms with Crippen LogP contribution in [0.4, 0.5) is 4.79 Å². The van der Waals surface area contributed by atoms with Crippen LogP contribution >= 0.6 is 0 Å². The molecular weight excluding hydrogens is 220 g/mol. The summed E-state index contributed by atoms with van der Waals surface area (Å²) < 4.78 is 5.34. The van der Waals surface area contributed by atoms with Gasteiger partial charge >= 0.3 is 6.09 Å². The summed E-state index contributed by atoms with van der Waals surface area (Å²) in [7, 11) is 0. The maximum atomic E-state index is 12.0. The molecule has 0 aromatic rings. The van der Waals surface area contributed by atoms with E-state index in [2.05, 4.69) is 0 Å². The lowest BCUT2D eigenvalue weighted by Crippen LogP contribution is -2.60. The zero-order valence-corrected chi connectivity index (χ0v) is 11.2. The van der Waals surface area contributed by atoms with E-state index in [0.717, 1.165) is 12.8 Å². The lowest BCUT2D eigenvalue weighted by atomic mass is 9.88. The Morgan fingerprint density at radius 3 is 2.65 bits per heavy atom. The van der Waals surface area contributed by atoms with Crippen LogP contribution in [0, 0.1) is 0 Å². The highest BCUT2D eigenvalue weighted by atomic mass is 16.6. The van der Waals surface area contributed by atoms with Crippen LogP contribution in [-0.2, 0) is 4.74 Å². The number of carbonyl (C=O) groups excluding carboxylic acids is 1. The average molecular weight is 244 g/mol. The highest BCUT2D eigenvalue weighted by Crippen LogP contribution is 2.25. The molecule has 1 amide bonds. The van der Waals surface area contributed by atoms with E-state index in [1.165, 1.54) is 0 Å². The fourth-order valence-electron chi connectivity index (χ4n) is 1.92. The quantitative estimate of drug-likeness (QED) is 0.724. The standard InChI is InChI=1S/C12H24N2O3/c1-9-5-6-12(13,8-15)7-14(9)10(16)17-11(2,3)4/h9,15H,5-8,13H2,1-4H3. The number of ether oxygens (including phenoxy) is 1. The van der Waals surface area contributed by atoms with Gasteiger partial charge in [-0.05, 0) is 40.5 Å². The zero-order chi connectivity index (χ0) is 13.3. The van der Waals surface area contributed by atoms with Crippen LogP contribution in [0.1, 0.15) is 40.5 Å². The molecule has 17 heavy (non-hydrogen) atoms. The van der Waals surface area contributed by atoms with Gasteiger partial charge < -0.3 is 20.5 Å². The van der Waals surface area contributed by atoms with Gasteiger partial charge in [-0.2, -0.15) is 0 Å². The SMILES string of the molecule is CC1CCC(N)(CO)CN1C(=O)OC(C)(C)C. The molecule has 1 heterocycles. The monoisotopic (exact) mass is 244 g/mol. The molecule has 5 heteroatoms. The highest BCUT2D eigenvalue weighted by molar-refractivity contribution is 5.68. The van der Waals surface area contributed by atoms with Crippen molar-refractivity contribution in [3.8, 4) is 0 Å².